The Hall–Kier alpha value is 0.339. The third-order valence-corrected chi connectivity index (χ3v) is 0. The van der Waals surface area contributed by atoms with E-state index < -0.39 is 8.25 Å². The van der Waals surface area contributed by atoms with Crippen LogP contribution >= 0.6 is 8.25 Å². The van der Waals surface area contributed by atoms with E-state index in [1.165, 1.54) is 0 Å². The third kappa shape index (κ3) is 1040. The molecule has 0 aliphatic heterocycles. The minimum absolute atomic E-state index is 0.500. The molecule has 0 aromatic carbocycles. The first-order valence-corrected chi connectivity index (χ1v) is 3.03. The van der Waals surface area contributed by atoms with Crippen LogP contribution in [-0.2, 0) is 25.4 Å². The minimum atomic E-state index is -3.13. The van der Waals surface area contributed by atoms with Gasteiger partial charge in [0.05, 0.1) is 0 Å². The molecule has 7 heavy (non-hydrogen) atoms. The van der Waals surface area contributed by atoms with Crippen LogP contribution in [0.2, 0.25) is 0 Å². The van der Waals surface area contributed by atoms with Crippen LogP contribution in [0.3, 0.4) is 0 Å². The molecule has 0 amide bonds. The molecule has 0 aliphatic carbocycles. The van der Waals surface area contributed by atoms with Crippen LogP contribution in [0.4, 0.5) is 0 Å². The number of carbonyl (C=O) groups is 1. The van der Waals surface area contributed by atoms with E-state index in [1.807, 2.05) is 0 Å². The first-order chi connectivity index (χ1) is 3.15. The van der Waals surface area contributed by atoms with Crippen molar-refractivity contribution in [2.45, 2.75) is 0 Å². The standard InChI is InChI=1S/CHO.Fe.H3O3P/c1-2;;1-4(2)3/h1H;;4H,(H2,1,2,3). The molecule has 0 aliphatic rings. The van der Waals surface area contributed by atoms with Crippen molar-refractivity contribution < 1.29 is 35.2 Å². The molecule has 0 unspecified atom stereocenters. The van der Waals surface area contributed by atoms with E-state index in [0.717, 1.165) is 0 Å². The first-order valence-electron chi connectivity index (χ1n) is 1.09. The van der Waals surface area contributed by atoms with E-state index in [2.05, 4.69) is 16.0 Å². The Bertz CT molecular complexity index is 58.7. The Balaban J connectivity index is 0. The zero-order chi connectivity index (χ0) is 6.28. The van der Waals surface area contributed by atoms with Crippen molar-refractivity contribution >= 4 is 13.4 Å². The second-order valence-corrected chi connectivity index (χ2v) is 1.19. The van der Waals surface area contributed by atoms with Gasteiger partial charge in [0.25, 0.3) is 0 Å². The maximum absolute atomic E-state index is 8.74. The summed E-state index contributed by atoms with van der Waals surface area (Å²) in [5, 5.41) is 0.500. The summed E-state index contributed by atoms with van der Waals surface area (Å²) in [6.07, 6.45) is 0. The van der Waals surface area contributed by atoms with Crippen molar-refractivity contribution in [2.75, 3.05) is 0 Å². The molecule has 2 N–H and O–H groups in total. The van der Waals surface area contributed by atoms with Gasteiger partial charge >= 0.3 is 34.2 Å². The fraction of sp³-hybridized carbons (Fsp3) is 0. The van der Waals surface area contributed by atoms with Crippen LogP contribution in [0.5, 0.6) is 0 Å². The van der Waals surface area contributed by atoms with Gasteiger partial charge in [-0.15, -0.1) is 0 Å². The van der Waals surface area contributed by atoms with Crippen LogP contribution in [-0.4, -0.2) is 15.0 Å². The fourth-order valence-electron chi connectivity index (χ4n) is 0. The van der Waals surface area contributed by atoms with Gasteiger partial charge in [-0.2, -0.15) is 0 Å². The maximum atomic E-state index is 8.74. The van der Waals surface area contributed by atoms with Crippen LogP contribution in [0.15, 0.2) is 0 Å². The van der Waals surface area contributed by atoms with Crippen LogP contribution in [0.1, 0.15) is 0 Å². The topological polar surface area (TPSA) is 74.6 Å². The smallest absolute Gasteiger partial charge is 0.314 e. The van der Waals surface area contributed by atoms with Gasteiger partial charge in [-0.25, -0.2) is 0 Å². The molecule has 0 radical (unpaired) electrons. The molecule has 4 nitrogen and oxygen atoms in total. The Kier molecular flexibility index (Phi) is 14.2. The number of carbonyl (C=O) groups excluding carboxylic acids is 1. The number of hydrogen-bond donors (Lipinski definition) is 2. The number of rotatable bonds is 0. The summed E-state index contributed by atoms with van der Waals surface area (Å²) in [5.74, 6) is 0. The monoisotopic (exact) mass is 167 g/mol. The zero-order valence-electron chi connectivity index (χ0n) is 3.14. The van der Waals surface area contributed by atoms with E-state index in [9.17, 15) is 0 Å². The van der Waals surface area contributed by atoms with Crippen molar-refractivity contribution in [3.63, 3.8) is 0 Å². The zero-order valence-corrected chi connectivity index (χ0v) is 5.25. The molecule has 0 aromatic rings. The van der Waals surface area contributed by atoms with E-state index in [0.29, 0.717) is 5.18 Å². The van der Waals surface area contributed by atoms with Gasteiger partial charge in [0.15, 0.2) is 0 Å². The van der Waals surface area contributed by atoms with E-state index in [4.69, 9.17) is 19.1 Å². The molecule has 0 saturated heterocycles. The molecular weight excluding hydrogens is 163 g/mol. The van der Waals surface area contributed by atoms with Gasteiger partial charge in [-0.05, 0) is 0 Å². The minimum Gasteiger partial charge on any atom is -0.326 e. The average molecular weight is 167 g/mol. The summed E-state index contributed by atoms with van der Waals surface area (Å²) in [6, 6.07) is 0. The fourth-order valence-corrected chi connectivity index (χ4v) is 0. The number of hydrogen-bond acceptors (Lipinski definition) is 2. The summed E-state index contributed by atoms with van der Waals surface area (Å²) < 4.78 is 8.74. The molecule has 0 heterocycles. The van der Waals surface area contributed by atoms with Crippen molar-refractivity contribution in [1.82, 2.24) is 0 Å². The Morgan fingerprint density at radius 3 is 1.57 bits per heavy atom. The molecule has 0 saturated carbocycles. The maximum Gasteiger partial charge on any atom is 0.314 e. The predicted octanol–water partition coefficient (Wildman–Crippen LogP) is -0.916. The van der Waals surface area contributed by atoms with Crippen molar-refractivity contribution in [3.8, 4) is 0 Å². The van der Waals surface area contributed by atoms with Crippen molar-refractivity contribution in [2.24, 2.45) is 0 Å². The van der Waals surface area contributed by atoms with Gasteiger partial charge in [0.2, 0.25) is 0 Å². The molecule has 0 atom stereocenters. The summed E-state index contributed by atoms with van der Waals surface area (Å²) in [6.45, 7) is 0. The summed E-state index contributed by atoms with van der Waals surface area (Å²) in [7, 11) is -3.13. The predicted molar refractivity (Wildman–Crippen MR) is 20.2 cm³/mol. The first kappa shape index (κ1) is 10.3. The molecule has 0 fully saturated rings. The molecule has 6 heteroatoms. The van der Waals surface area contributed by atoms with E-state index in [-0.39, 0.29) is 0 Å². The van der Waals surface area contributed by atoms with E-state index in [1.54, 1.807) is 0 Å². The summed E-state index contributed by atoms with van der Waals surface area (Å²) >= 11 is 2.81. The van der Waals surface area contributed by atoms with Gasteiger partial charge in [0, 0.05) is 0 Å². The molecule has 0 rings (SSSR count). The van der Waals surface area contributed by atoms with Gasteiger partial charge < -0.3 is 9.79 Å². The second kappa shape index (κ2) is 9.60. The average Bonchev–Trinajstić information content (AvgIpc) is 1.33. The van der Waals surface area contributed by atoms with Gasteiger partial charge in [-0.3, -0.25) is 4.57 Å². The summed E-state index contributed by atoms with van der Waals surface area (Å²) in [5.41, 5.74) is 0. The summed E-state index contributed by atoms with van der Waals surface area (Å²) in [4.78, 5) is 23.0. The van der Waals surface area contributed by atoms with Gasteiger partial charge in [-0.1, -0.05) is 0 Å². The van der Waals surface area contributed by atoms with E-state index >= 15 is 0 Å². The normalized spacial score (nSPS) is 6.86. The third-order valence-electron chi connectivity index (χ3n) is 0. The van der Waals surface area contributed by atoms with Crippen molar-refractivity contribution in [1.29, 1.82) is 0 Å². The SMILES string of the molecule is O=[CH][Fe].O=[PH](O)O. The van der Waals surface area contributed by atoms with Crippen LogP contribution in [0.25, 0.3) is 0 Å². The molecule has 0 spiro atoms. The Labute approximate surface area is 49.3 Å². The van der Waals surface area contributed by atoms with Gasteiger partial charge in [0.1, 0.15) is 0 Å². The Morgan fingerprint density at radius 1 is 1.57 bits per heavy atom. The molecule has 0 aromatic heterocycles. The van der Waals surface area contributed by atoms with Crippen molar-refractivity contribution in [3.05, 3.63) is 0 Å². The quantitative estimate of drug-likeness (QED) is 0.278. The second-order valence-electron chi connectivity index (χ2n) is 0.366. The van der Waals surface area contributed by atoms with Crippen LogP contribution in [0, 0.1) is 0 Å². The van der Waals surface area contributed by atoms with Crippen LogP contribution < -0.4 is 0 Å². The largest absolute Gasteiger partial charge is 0.326 e. The molecule has 45 valence electrons. The Morgan fingerprint density at radius 2 is 1.57 bits per heavy atom. The molecule has 0 bridgehead atoms. The molecular formula is CH4FeO4P.